The molecule has 0 aliphatic carbocycles. The van der Waals surface area contributed by atoms with Crippen molar-refractivity contribution in [3.05, 3.63) is 15.3 Å². The van der Waals surface area contributed by atoms with Crippen LogP contribution >= 0.6 is 9.19 Å². The summed E-state index contributed by atoms with van der Waals surface area (Å²) in [5, 5.41) is 14.8. The molecule has 7 heteroatoms. The van der Waals surface area contributed by atoms with Crippen molar-refractivity contribution in [2.24, 2.45) is 0 Å². The van der Waals surface area contributed by atoms with Gasteiger partial charge in [-0.2, -0.15) is 0 Å². The monoisotopic (exact) mass is 311 g/mol. The van der Waals surface area contributed by atoms with E-state index in [1.165, 1.54) is 0 Å². The standard InChI is InChI=1S/2Ag.ClH.NO3/c;;;2-1(3)4/h;;1H;/q2*+1;;-1/p-1. The van der Waals surface area contributed by atoms with E-state index in [1.807, 2.05) is 0 Å². The molecule has 0 saturated heterocycles. The van der Waals surface area contributed by atoms with Gasteiger partial charge in [-0.05, 0) is 0 Å². The van der Waals surface area contributed by atoms with Gasteiger partial charge in [0, 0.05) is 0 Å². The zero-order valence-electron chi connectivity index (χ0n) is 2.65. The van der Waals surface area contributed by atoms with Crippen LogP contribution in [0.4, 0.5) is 0 Å². The molecule has 0 aliphatic heterocycles. The van der Waals surface area contributed by atoms with E-state index in [4.69, 9.17) is 15.3 Å². The van der Waals surface area contributed by atoms with Crippen molar-refractivity contribution in [3.8, 4) is 0 Å². The van der Waals surface area contributed by atoms with Gasteiger partial charge in [0.25, 0.3) is 0 Å². The van der Waals surface area contributed by atoms with Gasteiger partial charge in [0.1, 0.15) is 0 Å². The van der Waals surface area contributed by atoms with Crippen molar-refractivity contribution in [1.29, 1.82) is 0 Å². The van der Waals surface area contributed by atoms with Crippen molar-refractivity contribution >= 4 is 9.19 Å². The van der Waals surface area contributed by atoms with Crippen LogP contribution in [0.3, 0.4) is 0 Å². The summed E-state index contributed by atoms with van der Waals surface area (Å²) in [7, 11) is 4.45. The summed E-state index contributed by atoms with van der Waals surface area (Å²) in [6.45, 7) is 0. The number of hydrogen-bond acceptors (Lipinski definition) is 3. The van der Waals surface area contributed by atoms with Gasteiger partial charge >= 0.3 is 51.6 Å². The van der Waals surface area contributed by atoms with Crippen LogP contribution in [0.25, 0.3) is 0 Å². The SMILES string of the molecule is O=[N+]([O-])[O-].[Ag+].[Cl][Ag]. The van der Waals surface area contributed by atoms with E-state index in [-0.39, 0.29) is 22.4 Å². The second-order valence-electron chi connectivity index (χ2n) is 0.224. The topological polar surface area (TPSA) is 66.2 Å². The van der Waals surface area contributed by atoms with Crippen LogP contribution in [0.15, 0.2) is 0 Å². The Bertz CT molecular complexity index is 35.9. The van der Waals surface area contributed by atoms with E-state index < -0.39 is 5.09 Å². The van der Waals surface area contributed by atoms with Crippen molar-refractivity contribution in [3.63, 3.8) is 0 Å². The summed E-state index contributed by atoms with van der Waals surface area (Å²) in [6.07, 6.45) is 0. The van der Waals surface area contributed by atoms with E-state index in [0.717, 1.165) is 0 Å². The molecule has 0 N–H and O–H groups in total. The van der Waals surface area contributed by atoms with Crippen LogP contribution in [-0.4, -0.2) is 5.09 Å². The molecular weight excluding hydrogens is 313 g/mol. The van der Waals surface area contributed by atoms with E-state index in [9.17, 15) is 0 Å². The molecule has 0 bridgehead atoms. The van der Waals surface area contributed by atoms with Crippen molar-refractivity contribution in [2.45, 2.75) is 0 Å². The molecule has 0 rings (SSSR count). The number of rotatable bonds is 0. The first-order valence-electron chi connectivity index (χ1n) is 0.662. The molecule has 4 nitrogen and oxygen atoms in total. The van der Waals surface area contributed by atoms with E-state index in [0.29, 0.717) is 0 Å². The third kappa shape index (κ3) is 183. The van der Waals surface area contributed by atoms with E-state index >= 15 is 0 Å². The van der Waals surface area contributed by atoms with Gasteiger partial charge in [0.15, 0.2) is 0 Å². The first kappa shape index (κ1) is 15.7. The molecule has 0 amide bonds. The van der Waals surface area contributed by atoms with Gasteiger partial charge < -0.3 is 15.3 Å². The maximum absolute atomic E-state index is 8.25. The molecule has 0 unspecified atom stereocenters. The molecule has 52 valence electrons. The molecule has 0 radical (unpaired) electrons. The Hall–Kier alpha value is 0.971. The van der Waals surface area contributed by atoms with Crippen molar-refractivity contribution in [2.75, 3.05) is 0 Å². The molecule has 0 spiro atoms. The normalized spacial score (nSPS) is 4.43. The molecule has 0 aromatic heterocycles. The summed E-state index contributed by atoms with van der Waals surface area (Å²) >= 11 is 2.42. The summed E-state index contributed by atoms with van der Waals surface area (Å²) < 4.78 is 0. The third-order valence-electron chi connectivity index (χ3n) is 0. The molecule has 0 aromatic carbocycles. The fourth-order valence-corrected chi connectivity index (χ4v) is 0. The Labute approximate surface area is 71.6 Å². The Morgan fingerprint density at radius 2 is 1.43 bits per heavy atom. The van der Waals surface area contributed by atoms with Crippen LogP contribution in [0, 0.1) is 15.3 Å². The van der Waals surface area contributed by atoms with Gasteiger partial charge in [0.2, 0.25) is 0 Å². The minimum atomic E-state index is -1.75. The summed E-state index contributed by atoms with van der Waals surface area (Å²) in [5.74, 6) is 0. The summed E-state index contributed by atoms with van der Waals surface area (Å²) in [6, 6.07) is 0. The van der Waals surface area contributed by atoms with E-state index in [2.05, 4.69) is 29.2 Å². The average Bonchev–Trinajstić information content (AvgIpc) is 1.41. The predicted octanol–water partition coefficient (Wildman–Crippen LogP) is 0.445. The number of halogens is 1. The van der Waals surface area contributed by atoms with Crippen LogP contribution in [0.5, 0.6) is 0 Å². The Balaban J connectivity index is -0.0000000480. The Morgan fingerprint density at radius 3 is 1.43 bits per heavy atom. The number of hydrogen-bond donors (Lipinski definition) is 0. The van der Waals surface area contributed by atoms with Crippen LogP contribution in [0.1, 0.15) is 0 Å². The second-order valence-corrected chi connectivity index (χ2v) is 0.224. The van der Waals surface area contributed by atoms with Crippen LogP contribution < -0.4 is 0 Å². The van der Waals surface area contributed by atoms with Crippen molar-refractivity contribution in [1.82, 2.24) is 0 Å². The van der Waals surface area contributed by atoms with Gasteiger partial charge in [-0.1, -0.05) is 0 Å². The molecule has 7 heavy (non-hydrogen) atoms. The maximum atomic E-state index is 8.25. The summed E-state index contributed by atoms with van der Waals surface area (Å²) in [5.41, 5.74) is 0. The molecular formula is Ag2ClNO3. The average molecular weight is 313 g/mol. The molecule has 0 aliphatic rings. The fourth-order valence-electron chi connectivity index (χ4n) is 0. The van der Waals surface area contributed by atoms with Crippen LogP contribution in [0.2, 0.25) is 0 Å². The van der Waals surface area contributed by atoms with Crippen molar-refractivity contribution < 1.29 is 47.5 Å². The van der Waals surface area contributed by atoms with Gasteiger partial charge in [-0.25, -0.2) is 0 Å². The summed E-state index contributed by atoms with van der Waals surface area (Å²) in [4.78, 5) is 8.25. The Kier molecular flexibility index (Phi) is 35.3. The molecule has 0 atom stereocenters. The first-order chi connectivity index (χ1) is 2.73. The van der Waals surface area contributed by atoms with Gasteiger partial charge in [-0.15, -0.1) is 0 Å². The van der Waals surface area contributed by atoms with Crippen LogP contribution in [-0.2, 0) is 42.4 Å². The predicted molar refractivity (Wildman–Crippen MR) is 16.2 cm³/mol. The van der Waals surface area contributed by atoms with E-state index in [1.54, 1.807) is 0 Å². The van der Waals surface area contributed by atoms with Gasteiger partial charge in [0.05, 0.1) is 5.09 Å². The first-order valence-corrected chi connectivity index (χ1v) is 2.57. The molecule has 0 saturated carbocycles. The number of nitrogens with zero attached hydrogens (tertiary/aromatic N) is 1. The second kappa shape index (κ2) is 15.8. The Morgan fingerprint density at radius 1 is 1.43 bits per heavy atom. The molecule has 0 heterocycles. The minimum absolute atomic E-state index is 0. The van der Waals surface area contributed by atoms with Gasteiger partial charge in [-0.3, -0.25) is 0 Å². The quantitative estimate of drug-likeness (QED) is 0.370. The zero-order chi connectivity index (χ0) is 5.58. The molecule has 0 fully saturated rings. The zero-order valence-corrected chi connectivity index (χ0v) is 6.37. The fraction of sp³-hybridized carbons (Fsp3) is 0. The third-order valence-corrected chi connectivity index (χ3v) is 0. The molecule has 0 aromatic rings.